The number of ether oxygens (including phenoxy) is 2. The maximum atomic E-state index is 13.2. The molecule has 7 nitrogen and oxygen atoms in total. The summed E-state index contributed by atoms with van der Waals surface area (Å²) in [6, 6.07) is 9.89. The van der Waals surface area contributed by atoms with Crippen molar-refractivity contribution in [2.45, 2.75) is 33.5 Å². The first kappa shape index (κ1) is 19.9. The molecule has 3 rings (SSSR count). The molecule has 0 amide bonds. The minimum atomic E-state index is -0.380. The highest BCUT2D eigenvalue weighted by atomic mass is 35.5. The van der Waals surface area contributed by atoms with Crippen molar-refractivity contribution in [2.75, 3.05) is 11.9 Å². The van der Waals surface area contributed by atoms with Crippen LogP contribution in [-0.4, -0.2) is 26.8 Å². The lowest BCUT2D eigenvalue weighted by atomic mass is 10.2. The number of anilines is 1. The Morgan fingerprint density at radius 1 is 1.11 bits per heavy atom. The van der Waals surface area contributed by atoms with Crippen LogP contribution in [0.3, 0.4) is 0 Å². The first-order valence-electron chi connectivity index (χ1n) is 8.93. The van der Waals surface area contributed by atoms with Gasteiger partial charge in [0.15, 0.2) is 11.5 Å². The van der Waals surface area contributed by atoms with Crippen LogP contribution in [0.2, 0.25) is 5.02 Å². The minimum absolute atomic E-state index is 0.210. The van der Waals surface area contributed by atoms with Crippen LogP contribution in [0.1, 0.15) is 25.0 Å². The van der Waals surface area contributed by atoms with Gasteiger partial charge in [0.05, 0.1) is 11.6 Å². The zero-order valence-corrected chi connectivity index (χ0v) is 16.4. The van der Waals surface area contributed by atoms with Gasteiger partial charge >= 0.3 is 0 Å². The summed E-state index contributed by atoms with van der Waals surface area (Å²) < 4.78 is 26.4. The van der Waals surface area contributed by atoms with Gasteiger partial charge in [0.1, 0.15) is 12.4 Å². The lowest BCUT2D eigenvalue weighted by Crippen LogP contribution is -2.08. The molecule has 2 aromatic carbocycles. The van der Waals surface area contributed by atoms with E-state index < -0.39 is 0 Å². The Kier molecular flexibility index (Phi) is 6.65. The fraction of sp³-hybridized carbons (Fsp3) is 0.316. The number of hydrogen-bond acceptors (Lipinski definition) is 6. The number of aryl methyl sites for hydroxylation is 1. The lowest BCUT2D eigenvalue weighted by molar-refractivity contribution is 0.269. The second-order valence-corrected chi connectivity index (χ2v) is 6.32. The molecule has 0 fully saturated rings. The van der Waals surface area contributed by atoms with Crippen LogP contribution >= 0.6 is 11.6 Å². The molecule has 1 N–H and O–H groups in total. The third kappa shape index (κ3) is 4.89. The zero-order valence-electron chi connectivity index (χ0n) is 15.7. The third-order valence-electron chi connectivity index (χ3n) is 3.99. The fourth-order valence-electron chi connectivity index (χ4n) is 2.57. The second-order valence-electron chi connectivity index (χ2n) is 5.91. The first-order valence-corrected chi connectivity index (χ1v) is 9.31. The predicted molar refractivity (Wildman–Crippen MR) is 104 cm³/mol. The van der Waals surface area contributed by atoms with Gasteiger partial charge in [-0.1, -0.05) is 28.8 Å². The van der Waals surface area contributed by atoms with Crippen LogP contribution in [-0.2, 0) is 19.7 Å². The number of hydrogen-bond donors (Lipinski definition) is 1. The quantitative estimate of drug-likeness (QED) is 0.578. The zero-order chi connectivity index (χ0) is 19.9. The molecule has 3 aromatic rings. The van der Waals surface area contributed by atoms with Gasteiger partial charge in [0.2, 0.25) is 5.95 Å². The number of rotatable bonds is 9. The largest absolute Gasteiger partial charge is 0.490 e. The van der Waals surface area contributed by atoms with E-state index in [2.05, 4.69) is 20.8 Å². The van der Waals surface area contributed by atoms with Gasteiger partial charge in [0, 0.05) is 18.7 Å². The second kappa shape index (κ2) is 9.36. The summed E-state index contributed by atoms with van der Waals surface area (Å²) in [5.74, 6) is 1.43. The molecule has 0 saturated heterocycles. The Bertz CT molecular complexity index is 934. The first-order chi connectivity index (χ1) is 13.6. The molecule has 148 valence electrons. The topological polar surface area (TPSA) is 74.1 Å². The van der Waals surface area contributed by atoms with Crippen LogP contribution in [0.15, 0.2) is 36.4 Å². The van der Waals surface area contributed by atoms with Crippen molar-refractivity contribution in [3.63, 3.8) is 0 Å². The van der Waals surface area contributed by atoms with Gasteiger partial charge < -0.3 is 14.8 Å². The summed E-state index contributed by atoms with van der Waals surface area (Å²) in [5.41, 5.74) is 1.68. The summed E-state index contributed by atoms with van der Waals surface area (Å²) in [5, 5.41) is 15.0. The van der Waals surface area contributed by atoms with Crippen LogP contribution < -0.4 is 14.8 Å². The van der Waals surface area contributed by atoms with Gasteiger partial charge in [-0.3, -0.25) is 0 Å². The maximum Gasteiger partial charge on any atom is 0.243 e. The van der Waals surface area contributed by atoms with E-state index in [1.165, 1.54) is 12.1 Å². The average molecular weight is 406 g/mol. The Morgan fingerprint density at radius 3 is 2.71 bits per heavy atom. The van der Waals surface area contributed by atoms with Gasteiger partial charge in [0.25, 0.3) is 0 Å². The van der Waals surface area contributed by atoms with E-state index >= 15 is 0 Å². The SMILES string of the molecule is CCOc1cc(CNc2nnnn2CC)ccc1OCc1ccc(F)cc1Cl. The van der Waals surface area contributed by atoms with Crippen molar-refractivity contribution < 1.29 is 13.9 Å². The van der Waals surface area contributed by atoms with E-state index in [0.29, 0.717) is 47.7 Å². The van der Waals surface area contributed by atoms with Crippen LogP contribution in [0, 0.1) is 5.82 Å². The third-order valence-corrected chi connectivity index (χ3v) is 4.34. The van der Waals surface area contributed by atoms with Gasteiger partial charge in [-0.2, -0.15) is 0 Å². The predicted octanol–water partition coefficient (Wildman–Crippen LogP) is 4.08. The van der Waals surface area contributed by atoms with Crippen LogP contribution in [0.5, 0.6) is 11.5 Å². The molecule has 0 aliphatic rings. The number of benzene rings is 2. The summed E-state index contributed by atoms with van der Waals surface area (Å²) in [4.78, 5) is 0. The summed E-state index contributed by atoms with van der Waals surface area (Å²) in [6.07, 6.45) is 0. The highest BCUT2D eigenvalue weighted by Crippen LogP contribution is 2.30. The van der Waals surface area contributed by atoms with E-state index in [4.69, 9.17) is 21.1 Å². The van der Waals surface area contributed by atoms with Crippen LogP contribution in [0.4, 0.5) is 10.3 Å². The Morgan fingerprint density at radius 2 is 1.96 bits per heavy atom. The molecule has 0 aliphatic heterocycles. The highest BCUT2D eigenvalue weighted by molar-refractivity contribution is 6.31. The Balaban J connectivity index is 1.69. The number of tetrazole rings is 1. The molecule has 9 heteroatoms. The molecule has 1 aromatic heterocycles. The minimum Gasteiger partial charge on any atom is -0.490 e. The smallest absolute Gasteiger partial charge is 0.243 e. The Hall–Kier alpha value is -2.87. The summed E-state index contributed by atoms with van der Waals surface area (Å²) >= 11 is 6.06. The van der Waals surface area contributed by atoms with Gasteiger partial charge in [-0.15, -0.1) is 0 Å². The van der Waals surface area contributed by atoms with Gasteiger partial charge in [-0.05, 0) is 54.1 Å². The fourth-order valence-corrected chi connectivity index (χ4v) is 2.79. The molecule has 0 bridgehead atoms. The number of nitrogens with zero attached hydrogens (tertiary/aromatic N) is 4. The summed E-state index contributed by atoms with van der Waals surface area (Å²) in [6.45, 7) is 5.79. The van der Waals surface area contributed by atoms with E-state index in [9.17, 15) is 4.39 Å². The van der Waals surface area contributed by atoms with E-state index in [1.54, 1.807) is 10.7 Å². The number of halogens is 2. The molecular weight excluding hydrogens is 385 g/mol. The molecular formula is C19H21ClFN5O2. The normalized spacial score (nSPS) is 10.7. The monoisotopic (exact) mass is 405 g/mol. The number of aromatic nitrogens is 4. The van der Waals surface area contributed by atoms with Crippen molar-refractivity contribution in [3.8, 4) is 11.5 Å². The average Bonchev–Trinajstić information content (AvgIpc) is 3.14. The standard InChI is InChI=1S/C19H21ClFN5O2/c1-3-26-19(23-24-25-26)22-11-13-5-8-17(18(9-13)27-4-2)28-12-14-6-7-15(21)10-16(14)20/h5-10H,3-4,11-12H2,1-2H3,(H,22,23,25). The molecule has 0 spiro atoms. The van der Waals surface area contributed by atoms with Crippen molar-refractivity contribution in [1.82, 2.24) is 20.2 Å². The molecule has 0 unspecified atom stereocenters. The van der Waals surface area contributed by atoms with Gasteiger partial charge in [-0.25, -0.2) is 9.07 Å². The van der Waals surface area contributed by atoms with Crippen LogP contribution in [0.25, 0.3) is 0 Å². The van der Waals surface area contributed by atoms with Crippen molar-refractivity contribution >= 4 is 17.5 Å². The number of nitrogens with one attached hydrogen (secondary N) is 1. The van der Waals surface area contributed by atoms with Crippen molar-refractivity contribution in [3.05, 3.63) is 58.4 Å². The molecule has 0 saturated carbocycles. The van der Waals surface area contributed by atoms with E-state index in [-0.39, 0.29) is 12.4 Å². The maximum absolute atomic E-state index is 13.2. The molecule has 0 radical (unpaired) electrons. The Labute approximate surface area is 167 Å². The molecule has 0 aliphatic carbocycles. The molecule has 1 heterocycles. The molecule has 28 heavy (non-hydrogen) atoms. The van der Waals surface area contributed by atoms with Crippen molar-refractivity contribution in [2.24, 2.45) is 0 Å². The van der Waals surface area contributed by atoms with E-state index in [0.717, 1.165) is 5.56 Å². The summed E-state index contributed by atoms with van der Waals surface area (Å²) in [7, 11) is 0. The lowest BCUT2D eigenvalue weighted by Gasteiger charge is -2.14. The highest BCUT2D eigenvalue weighted by Gasteiger charge is 2.10. The van der Waals surface area contributed by atoms with E-state index in [1.807, 2.05) is 32.0 Å². The molecule has 0 atom stereocenters. The van der Waals surface area contributed by atoms with Crippen molar-refractivity contribution in [1.29, 1.82) is 0 Å².